The Kier molecular flexibility index (Phi) is 4.06. The summed E-state index contributed by atoms with van der Waals surface area (Å²) in [5.74, 6) is 0. The fraction of sp³-hybridized carbons (Fsp3) is 0.562. The molecule has 0 aliphatic rings. The Morgan fingerprint density at radius 2 is 1.56 bits per heavy atom. The van der Waals surface area contributed by atoms with Gasteiger partial charge in [-0.25, -0.2) is 0 Å². The molecule has 18 heavy (non-hydrogen) atoms. The van der Waals surface area contributed by atoms with Crippen LogP contribution in [-0.2, 0) is 0 Å². The second kappa shape index (κ2) is 5.02. The molecular weight excluding hydrogens is 220 g/mol. The zero-order chi connectivity index (χ0) is 14.1. The Labute approximate surface area is 111 Å². The zero-order valence-electron chi connectivity index (χ0n) is 12.7. The van der Waals surface area contributed by atoms with Gasteiger partial charge in [0.25, 0.3) is 0 Å². The van der Waals surface area contributed by atoms with Gasteiger partial charge in [-0.2, -0.15) is 5.26 Å². The summed E-state index contributed by atoms with van der Waals surface area (Å²) < 4.78 is 0. The molecule has 0 unspecified atom stereocenters. The van der Waals surface area contributed by atoms with E-state index in [9.17, 15) is 0 Å². The van der Waals surface area contributed by atoms with Crippen molar-refractivity contribution in [1.29, 1.82) is 5.26 Å². The van der Waals surface area contributed by atoms with Crippen molar-refractivity contribution >= 4 is 5.69 Å². The summed E-state index contributed by atoms with van der Waals surface area (Å²) in [7, 11) is 2.08. The number of benzene rings is 1. The van der Waals surface area contributed by atoms with Crippen LogP contribution >= 0.6 is 0 Å². The van der Waals surface area contributed by atoms with Gasteiger partial charge in [0.15, 0.2) is 0 Å². The van der Waals surface area contributed by atoms with Gasteiger partial charge in [-0.1, -0.05) is 6.07 Å². The lowest BCUT2D eigenvalue weighted by atomic mass is 9.93. The summed E-state index contributed by atoms with van der Waals surface area (Å²) >= 11 is 0. The van der Waals surface area contributed by atoms with Crippen LogP contribution in [0.3, 0.4) is 0 Å². The van der Waals surface area contributed by atoms with Gasteiger partial charge in [0.05, 0.1) is 11.5 Å². The minimum Gasteiger partial charge on any atom is -0.373 e. The Morgan fingerprint density at radius 1 is 1.11 bits per heavy atom. The van der Waals surface area contributed by atoms with Crippen LogP contribution in [0.2, 0.25) is 0 Å². The molecule has 0 N–H and O–H groups in total. The molecule has 0 heterocycles. The number of nitriles is 1. The number of anilines is 1. The van der Waals surface area contributed by atoms with Crippen LogP contribution in [0.1, 0.15) is 36.1 Å². The van der Waals surface area contributed by atoms with Crippen molar-refractivity contribution in [2.45, 2.75) is 41.5 Å². The molecule has 1 rings (SSSR count). The molecule has 0 aliphatic heterocycles. The van der Waals surface area contributed by atoms with Crippen molar-refractivity contribution in [1.82, 2.24) is 0 Å². The van der Waals surface area contributed by atoms with E-state index in [1.807, 2.05) is 13.8 Å². The van der Waals surface area contributed by atoms with Crippen molar-refractivity contribution in [2.24, 2.45) is 5.41 Å². The molecule has 0 saturated heterocycles. The summed E-state index contributed by atoms with van der Waals surface area (Å²) in [4.78, 5) is 2.22. The van der Waals surface area contributed by atoms with Crippen LogP contribution in [0.15, 0.2) is 6.07 Å². The SMILES string of the molecule is Cc1cc(C)c(C)c(N(C)CC(C)(C)C#N)c1C. The van der Waals surface area contributed by atoms with Crippen LogP contribution in [-0.4, -0.2) is 13.6 Å². The molecule has 0 amide bonds. The summed E-state index contributed by atoms with van der Waals surface area (Å²) in [5.41, 5.74) is 6.20. The van der Waals surface area contributed by atoms with Gasteiger partial charge in [-0.3, -0.25) is 0 Å². The van der Waals surface area contributed by atoms with Gasteiger partial charge in [0.2, 0.25) is 0 Å². The van der Waals surface area contributed by atoms with Gasteiger partial charge in [-0.05, 0) is 63.8 Å². The summed E-state index contributed by atoms with van der Waals surface area (Å²) in [6.07, 6.45) is 0. The molecule has 0 aliphatic carbocycles. The van der Waals surface area contributed by atoms with Crippen LogP contribution in [0.5, 0.6) is 0 Å². The van der Waals surface area contributed by atoms with Crippen molar-refractivity contribution in [2.75, 3.05) is 18.5 Å². The van der Waals surface area contributed by atoms with Crippen molar-refractivity contribution in [3.05, 3.63) is 28.3 Å². The third kappa shape index (κ3) is 2.85. The molecule has 2 nitrogen and oxygen atoms in total. The number of hydrogen-bond acceptors (Lipinski definition) is 2. The topological polar surface area (TPSA) is 27.0 Å². The first-order chi connectivity index (χ1) is 8.19. The van der Waals surface area contributed by atoms with Crippen LogP contribution in [0, 0.1) is 44.4 Å². The molecular formula is C16H24N2. The average molecular weight is 244 g/mol. The number of aryl methyl sites for hydroxylation is 2. The summed E-state index contributed by atoms with van der Waals surface area (Å²) in [6.45, 7) is 13.3. The summed E-state index contributed by atoms with van der Waals surface area (Å²) in [5, 5.41) is 9.16. The van der Waals surface area contributed by atoms with Gasteiger partial charge < -0.3 is 4.90 Å². The monoisotopic (exact) mass is 244 g/mol. The van der Waals surface area contributed by atoms with Crippen LogP contribution in [0.4, 0.5) is 5.69 Å². The van der Waals surface area contributed by atoms with Crippen molar-refractivity contribution in [3.8, 4) is 6.07 Å². The number of rotatable bonds is 3. The fourth-order valence-corrected chi connectivity index (χ4v) is 2.48. The molecule has 0 spiro atoms. The number of hydrogen-bond donors (Lipinski definition) is 0. The molecule has 0 saturated carbocycles. The summed E-state index contributed by atoms with van der Waals surface area (Å²) in [6, 6.07) is 4.60. The standard InChI is InChI=1S/C16H24N2/c1-11-8-12(2)14(4)15(13(11)3)18(7)10-16(5,6)9-17/h8H,10H2,1-7H3. The highest BCUT2D eigenvalue weighted by Crippen LogP contribution is 2.31. The molecule has 0 bridgehead atoms. The van der Waals surface area contributed by atoms with Gasteiger partial charge >= 0.3 is 0 Å². The molecule has 1 aromatic carbocycles. The predicted molar refractivity (Wildman–Crippen MR) is 78.1 cm³/mol. The maximum atomic E-state index is 9.16. The minimum atomic E-state index is -0.328. The zero-order valence-corrected chi connectivity index (χ0v) is 12.7. The molecule has 2 heteroatoms. The maximum absolute atomic E-state index is 9.16. The first kappa shape index (κ1) is 14.6. The van der Waals surface area contributed by atoms with E-state index in [1.54, 1.807) is 0 Å². The highest BCUT2D eigenvalue weighted by molar-refractivity contribution is 5.63. The van der Waals surface area contributed by atoms with E-state index in [2.05, 4.69) is 51.8 Å². The molecule has 0 atom stereocenters. The molecule has 0 aromatic heterocycles. The Hall–Kier alpha value is -1.49. The molecule has 0 radical (unpaired) electrons. The highest BCUT2D eigenvalue weighted by Gasteiger charge is 2.22. The van der Waals surface area contributed by atoms with Crippen LogP contribution in [0.25, 0.3) is 0 Å². The van der Waals surface area contributed by atoms with Crippen molar-refractivity contribution in [3.63, 3.8) is 0 Å². The number of nitrogens with zero attached hydrogens (tertiary/aromatic N) is 2. The third-order valence-corrected chi connectivity index (χ3v) is 3.64. The van der Waals surface area contributed by atoms with E-state index in [4.69, 9.17) is 5.26 Å². The largest absolute Gasteiger partial charge is 0.373 e. The highest BCUT2D eigenvalue weighted by atomic mass is 15.1. The lowest BCUT2D eigenvalue weighted by molar-refractivity contribution is 0.497. The van der Waals surface area contributed by atoms with E-state index < -0.39 is 0 Å². The average Bonchev–Trinajstić information content (AvgIpc) is 2.26. The second-order valence-electron chi connectivity index (χ2n) is 5.96. The first-order valence-corrected chi connectivity index (χ1v) is 6.39. The van der Waals surface area contributed by atoms with Gasteiger partial charge in [0, 0.05) is 19.3 Å². The van der Waals surface area contributed by atoms with E-state index in [0.717, 1.165) is 6.54 Å². The van der Waals surface area contributed by atoms with E-state index in [0.29, 0.717) is 0 Å². The van der Waals surface area contributed by atoms with E-state index >= 15 is 0 Å². The Morgan fingerprint density at radius 3 is 1.94 bits per heavy atom. The molecule has 98 valence electrons. The third-order valence-electron chi connectivity index (χ3n) is 3.64. The van der Waals surface area contributed by atoms with Gasteiger partial charge in [0.1, 0.15) is 0 Å². The van der Waals surface area contributed by atoms with E-state index in [-0.39, 0.29) is 5.41 Å². The smallest absolute Gasteiger partial charge is 0.0702 e. The molecule has 0 fully saturated rings. The minimum absolute atomic E-state index is 0.328. The first-order valence-electron chi connectivity index (χ1n) is 6.39. The van der Waals surface area contributed by atoms with E-state index in [1.165, 1.54) is 27.9 Å². The Balaban J connectivity index is 3.22. The van der Waals surface area contributed by atoms with Crippen molar-refractivity contribution < 1.29 is 0 Å². The quantitative estimate of drug-likeness (QED) is 0.806. The maximum Gasteiger partial charge on any atom is 0.0702 e. The lowest BCUT2D eigenvalue weighted by Crippen LogP contribution is -2.31. The lowest BCUT2D eigenvalue weighted by Gasteiger charge is -2.30. The molecule has 1 aromatic rings. The van der Waals surface area contributed by atoms with Gasteiger partial charge in [-0.15, -0.1) is 0 Å². The normalized spacial score (nSPS) is 11.2. The fourth-order valence-electron chi connectivity index (χ4n) is 2.48. The predicted octanol–water partition coefficient (Wildman–Crippen LogP) is 3.91. The van der Waals surface area contributed by atoms with Crippen LogP contribution < -0.4 is 4.90 Å². The Bertz CT molecular complexity index is 467. The second-order valence-corrected chi connectivity index (χ2v) is 5.96.